The van der Waals surface area contributed by atoms with Crippen molar-refractivity contribution in [3.05, 3.63) is 36.0 Å². The molecular weight excluding hydrogens is 254 g/mol. The van der Waals surface area contributed by atoms with Crippen LogP contribution in [0, 0.1) is 0 Å². The first-order valence-electron chi connectivity index (χ1n) is 5.21. The van der Waals surface area contributed by atoms with E-state index in [0.717, 1.165) is 10.9 Å². The standard InChI is InChI=1S/C11H9N3O5/c15-9(5-14-6-10(16)19-13-14)12-8-3-1-7(2-4-8)11(17)18/h1-4,6H,5H2,(H2-,12,13,15,16,17,18). The van der Waals surface area contributed by atoms with Gasteiger partial charge in [0.25, 0.3) is 12.5 Å². The van der Waals surface area contributed by atoms with Gasteiger partial charge in [0.1, 0.15) is 5.95 Å². The van der Waals surface area contributed by atoms with Crippen LogP contribution in [0.25, 0.3) is 0 Å². The molecule has 0 aliphatic heterocycles. The van der Waals surface area contributed by atoms with Gasteiger partial charge < -0.3 is 20.1 Å². The van der Waals surface area contributed by atoms with Crippen molar-refractivity contribution < 1.29 is 29.0 Å². The summed E-state index contributed by atoms with van der Waals surface area (Å²) in [6.07, 6.45) is 1.05. The van der Waals surface area contributed by atoms with Crippen LogP contribution in [0.2, 0.25) is 0 Å². The molecule has 2 N–H and O–H groups in total. The molecule has 0 aliphatic rings. The highest BCUT2D eigenvalue weighted by molar-refractivity contribution is 5.91. The van der Waals surface area contributed by atoms with E-state index in [-0.39, 0.29) is 12.1 Å². The Morgan fingerprint density at radius 1 is 1.37 bits per heavy atom. The zero-order valence-electron chi connectivity index (χ0n) is 9.57. The van der Waals surface area contributed by atoms with Gasteiger partial charge in [-0.1, -0.05) is 4.68 Å². The van der Waals surface area contributed by atoms with Crippen molar-refractivity contribution in [3.63, 3.8) is 0 Å². The maximum absolute atomic E-state index is 11.6. The number of carbonyl (C=O) groups excluding carboxylic acids is 1. The zero-order chi connectivity index (χ0) is 13.8. The third-order valence-corrected chi connectivity index (χ3v) is 2.21. The number of hydrogen-bond acceptors (Lipinski definition) is 5. The van der Waals surface area contributed by atoms with Crippen LogP contribution in [0.1, 0.15) is 10.4 Å². The molecule has 1 amide bonds. The van der Waals surface area contributed by atoms with E-state index in [0.29, 0.717) is 5.69 Å². The molecule has 0 atom stereocenters. The van der Waals surface area contributed by atoms with Crippen LogP contribution in [0.3, 0.4) is 0 Å². The lowest BCUT2D eigenvalue weighted by atomic mass is 10.2. The Morgan fingerprint density at radius 3 is 2.58 bits per heavy atom. The minimum atomic E-state index is -1.04. The molecule has 0 aliphatic carbocycles. The first-order valence-corrected chi connectivity index (χ1v) is 5.21. The Morgan fingerprint density at radius 2 is 2.05 bits per heavy atom. The number of benzene rings is 1. The van der Waals surface area contributed by atoms with Crippen molar-refractivity contribution in [2.75, 3.05) is 5.32 Å². The van der Waals surface area contributed by atoms with Crippen molar-refractivity contribution in [2.45, 2.75) is 6.54 Å². The second-order valence-electron chi connectivity index (χ2n) is 3.65. The van der Waals surface area contributed by atoms with Crippen LogP contribution < -0.4 is 15.1 Å². The summed E-state index contributed by atoms with van der Waals surface area (Å²) in [5.74, 6) is -2.10. The highest BCUT2D eigenvalue weighted by Crippen LogP contribution is 2.09. The van der Waals surface area contributed by atoms with Gasteiger partial charge in [0, 0.05) is 5.69 Å². The number of nitrogens with zero attached hydrogens (tertiary/aromatic N) is 2. The summed E-state index contributed by atoms with van der Waals surface area (Å²) < 4.78 is 5.33. The Balaban J connectivity index is 1.97. The quantitative estimate of drug-likeness (QED) is 0.709. The number of carbonyl (C=O) groups is 2. The van der Waals surface area contributed by atoms with Crippen LogP contribution in [-0.2, 0) is 11.3 Å². The molecule has 2 aromatic rings. The fourth-order valence-electron chi connectivity index (χ4n) is 1.38. The van der Waals surface area contributed by atoms with Gasteiger partial charge in [-0.25, -0.2) is 4.79 Å². The van der Waals surface area contributed by atoms with Crippen LogP contribution >= 0.6 is 0 Å². The molecular formula is C11H9N3O5. The molecule has 8 heteroatoms. The van der Waals surface area contributed by atoms with Gasteiger partial charge in [-0.2, -0.15) is 0 Å². The molecule has 0 saturated heterocycles. The van der Waals surface area contributed by atoms with E-state index in [9.17, 15) is 14.7 Å². The fourth-order valence-corrected chi connectivity index (χ4v) is 1.38. The van der Waals surface area contributed by atoms with Gasteiger partial charge in [-0.3, -0.25) is 4.79 Å². The monoisotopic (exact) mass is 263 g/mol. The first-order chi connectivity index (χ1) is 9.04. The molecule has 98 valence electrons. The molecule has 1 heterocycles. The summed E-state index contributed by atoms with van der Waals surface area (Å²) in [6, 6.07) is 5.68. The van der Waals surface area contributed by atoms with Gasteiger partial charge in [0.2, 0.25) is 6.20 Å². The molecule has 0 bridgehead atoms. The molecule has 0 saturated carbocycles. The van der Waals surface area contributed by atoms with Crippen molar-refractivity contribution in [1.82, 2.24) is 5.27 Å². The van der Waals surface area contributed by atoms with E-state index < -0.39 is 17.8 Å². The van der Waals surface area contributed by atoms with Crippen LogP contribution in [0.5, 0.6) is 5.95 Å². The number of anilines is 1. The van der Waals surface area contributed by atoms with Gasteiger partial charge in [-0.05, 0) is 24.3 Å². The van der Waals surface area contributed by atoms with Crippen molar-refractivity contribution in [2.24, 2.45) is 0 Å². The Kier molecular flexibility index (Phi) is 3.42. The Labute approximate surface area is 106 Å². The number of aromatic nitrogens is 2. The topological polar surface area (TPSA) is 119 Å². The van der Waals surface area contributed by atoms with Crippen LogP contribution in [0.15, 0.2) is 35.0 Å². The van der Waals surface area contributed by atoms with E-state index in [4.69, 9.17) is 5.11 Å². The summed E-state index contributed by atoms with van der Waals surface area (Å²) in [5.41, 5.74) is 0.571. The van der Waals surface area contributed by atoms with Crippen molar-refractivity contribution in [1.29, 1.82) is 0 Å². The molecule has 2 rings (SSSR count). The SMILES string of the molecule is O=C(C[n+]1cc([O-])on1)Nc1ccc(C(=O)O)cc1. The van der Waals surface area contributed by atoms with E-state index >= 15 is 0 Å². The van der Waals surface area contributed by atoms with Gasteiger partial charge in [-0.15, -0.1) is 0 Å². The second kappa shape index (κ2) is 5.17. The third kappa shape index (κ3) is 3.28. The van der Waals surface area contributed by atoms with Gasteiger partial charge in [0.15, 0.2) is 0 Å². The second-order valence-corrected chi connectivity index (χ2v) is 3.65. The van der Waals surface area contributed by atoms with E-state index in [1.807, 2.05) is 0 Å². The number of hydrogen-bond donors (Lipinski definition) is 2. The molecule has 1 aromatic carbocycles. The maximum Gasteiger partial charge on any atom is 0.335 e. The van der Waals surface area contributed by atoms with E-state index in [2.05, 4.69) is 15.1 Å². The Hall–Kier alpha value is -2.90. The van der Waals surface area contributed by atoms with Crippen LogP contribution in [-0.4, -0.2) is 22.3 Å². The smallest absolute Gasteiger partial charge is 0.335 e. The number of amides is 1. The lowest BCUT2D eigenvalue weighted by molar-refractivity contribution is -0.750. The predicted molar refractivity (Wildman–Crippen MR) is 58.2 cm³/mol. The Bertz CT molecular complexity index is 605. The molecule has 19 heavy (non-hydrogen) atoms. The van der Waals surface area contributed by atoms with E-state index in [1.54, 1.807) is 0 Å². The van der Waals surface area contributed by atoms with Crippen LogP contribution in [0.4, 0.5) is 5.69 Å². The summed E-state index contributed by atoms with van der Waals surface area (Å²) in [6.45, 7) is -0.174. The lowest BCUT2D eigenvalue weighted by Crippen LogP contribution is -2.41. The molecule has 8 nitrogen and oxygen atoms in total. The normalized spacial score (nSPS) is 10.1. The predicted octanol–water partition coefficient (Wildman–Crippen LogP) is -0.627. The van der Waals surface area contributed by atoms with Crippen molar-refractivity contribution in [3.8, 4) is 5.95 Å². The maximum atomic E-state index is 11.6. The van der Waals surface area contributed by atoms with E-state index in [1.165, 1.54) is 24.3 Å². The van der Waals surface area contributed by atoms with Crippen molar-refractivity contribution >= 4 is 17.6 Å². The number of nitrogens with one attached hydrogen (secondary N) is 1. The molecule has 0 radical (unpaired) electrons. The summed E-state index contributed by atoms with van der Waals surface area (Å²) >= 11 is 0. The number of rotatable bonds is 4. The fraction of sp³-hybridized carbons (Fsp3) is 0.0909. The molecule has 0 spiro atoms. The third-order valence-electron chi connectivity index (χ3n) is 2.21. The number of carboxylic acids is 1. The summed E-state index contributed by atoms with van der Waals surface area (Å²) in [5, 5.41) is 25.3. The molecule has 0 fully saturated rings. The average molecular weight is 263 g/mol. The number of carboxylic acid groups (broad SMARTS) is 1. The highest BCUT2D eigenvalue weighted by Gasteiger charge is 2.12. The van der Waals surface area contributed by atoms with Gasteiger partial charge >= 0.3 is 5.97 Å². The lowest BCUT2D eigenvalue weighted by Gasteiger charge is -2.02. The molecule has 0 unspecified atom stereocenters. The zero-order valence-corrected chi connectivity index (χ0v) is 9.57. The average Bonchev–Trinajstić information content (AvgIpc) is 2.75. The minimum absolute atomic E-state index is 0.125. The summed E-state index contributed by atoms with van der Waals surface area (Å²) in [4.78, 5) is 22.2. The minimum Gasteiger partial charge on any atom is -0.539 e. The largest absolute Gasteiger partial charge is 0.539 e. The number of aromatic carboxylic acids is 1. The van der Waals surface area contributed by atoms with Gasteiger partial charge in [0.05, 0.1) is 10.8 Å². The molecule has 1 aromatic heterocycles. The summed E-state index contributed by atoms with van der Waals surface area (Å²) in [7, 11) is 0. The highest BCUT2D eigenvalue weighted by atomic mass is 16.6. The first kappa shape index (κ1) is 12.6.